The Kier molecular flexibility index (Phi) is 4.41. The van der Waals surface area contributed by atoms with Gasteiger partial charge in [-0.05, 0) is 18.9 Å². The highest BCUT2D eigenvalue weighted by Crippen LogP contribution is 2.21. The van der Waals surface area contributed by atoms with Gasteiger partial charge in [-0.1, -0.05) is 49.4 Å². The molecule has 0 saturated carbocycles. The molecule has 0 bridgehead atoms. The monoisotopic (exact) mass is 190 g/mol. The third-order valence-corrected chi connectivity index (χ3v) is 2.28. The summed E-state index contributed by atoms with van der Waals surface area (Å²) in [6.45, 7) is 3.93. The lowest BCUT2D eigenvalue weighted by Crippen LogP contribution is -2.12. The first-order chi connectivity index (χ1) is 6.75. The number of rotatable bonds is 4. The number of benzene rings is 1. The topological polar surface area (TPSA) is 20.2 Å². The molecular formula is C13H18O. The molecule has 0 fully saturated rings. The molecule has 1 rings (SSSR count). The highest BCUT2D eigenvalue weighted by molar-refractivity contribution is 5.24. The maximum atomic E-state index is 9.64. The van der Waals surface area contributed by atoms with E-state index in [2.05, 4.69) is 31.2 Å². The van der Waals surface area contributed by atoms with Crippen LogP contribution in [-0.2, 0) is 0 Å². The molecule has 0 aliphatic heterocycles. The SMILES string of the molecule is CC/C=C\C(c1ccccc1)C(C)O. The molecule has 1 N–H and O–H groups in total. The van der Waals surface area contributed by atoms with Crippen LogP contribution in [0.5, 0.6) is 0 Å². The van der Waals surface area contributed by atoms with Crippen molar-refractivity contribution in [2.75, 3.05) is 0 Å². The molecule has 1 aromatic rings. The summed E-state index contributed by atoms with van der Waals surface area (Å²) in [4.78, 5) is 0. The molecule has 14 heavy (non-hydrogen) atoms. The zero-order chi connectivity index (χ0) is 10.4. The van der Waals surface area contributed by atoms with E-state index < -0.39 is 0 Å². The molecule has 1 nitrogen and oxygen atoms in total. The molecule has 1 aromatic carbocycles. The Balaban J connectivity index is 2.83. The van der Waals surface area contributed by atoms with Crippen LogP contribution in [0.4, 0.5) is 0 Å². The molecule has 0 amide bonds. The average Bonchev–Trinajstić information content (AvgIpc) is 2.19. The summed E-state index contributed by atoms with van der Waals surface area (Å²) in [6, 6.07) is 10.1. The van der Waals surface area contributed by atoms with Crippen LogP contribution in [0.15, 0.2) is 42.5 Å². The molecule has 0 aliphatic rings. The summed E-state index contributed by atoms with van der Waals surface area (Å²) in [7, 11) is 0. The predicted octanol–water partition coefficient (Wildman–Crippen LogP) is 3.12. The lowest BCUT2D eigenvalue weighted by Gasteiger charge is -2.16. The van der Waals surface area contributed by atoms with E-state index in [1.54, 1.807) is 0 Å². The van der Waals surface area contributed by atoms with Crippen molar-refractivity contribution < 1.29 is 5.11 Å². The predicted molar refractivity (Wildman–Crippen MR) is 60.3 cm³/mol. The fourth-order valence-corrected chi connectivity index (χ4v) is 1.51. The Morgan fingerprint density at radius 3 is 2.43 bits per heavy atom. The van der Waals surface area contributed by atoms with Crippen LogP contribution in [0.25, 0.3) is 0 Å². The van der Waals surface area contributed by atoms with Gasteiger partial charge in [0.15, 0.2) is 0 Å². The average molecular weight is 190 g/mol. The van der Waals surface area contributed by atoms with E-state index in [0.29, 0.717) is 0 Å². The lowest BCUT2D eigenvalue weighted by molar-refractivity contribution is 0.179. The third-order valence-electron chi connectivity index (χ3n) is 2.28. The Labute approximate surface area is 86.1 Å². The van der Waals surface area contributed by atoms with Gasteiger partial charge in [-0.15, -0.1) is 0 Å². The summed E-state index contributed by atoms with van der Waals surface area (Å²) < 4.78 is 0. The van der Waals surface area contributed by atoms with Gasteiger partial charge in [-0.25, -0.2) is 0 Å². The summed E-state index contributed by atoms with van der Waals surface area (Å²) in [5.74, 6) is 0.121. The van der Waals surface area contributed by atoms with E-state index in [0.717, 1.165) is 6.42 Å². The van der Waals surface area contributed by atoms with Crippen molar-refractivity contribution in [1.82, 2.24) is 0 Å². The normalized spacial score (nSPS) is 15.6. The Morgan fingerprint density at radius 1 is 1.29 bits per heavy atom. The number of aliphatic hydroxyl groups excluding tert-OH is 1. The van der Waals surface area contributed by atoms with Crippen LogP contribution in [-0.4, -0.2) is 11.2 Å². The first-order valence-electron chi connectivity index (χ1n) is 5.15. The van der Waals surface area contributed by atoms with E-state index in [1.165, 1.54) is 5.56 Å². The number of hydrogen-bond acceptors (Lipinski definition) is 1. The van der Waals surface area contributed by atoms with Crippen LogP contribution >= 0.6 is 0 Å². The third kappa shape index (κ3) is 3.00. The van der Waals surface area contributed by atoms with Gasteiger partial charge in [0.2, 0.25) is 0 Å². The molecule has 2 unspecified atom stereocenters. The lowest BCUT2D eigenvalue weighted by atomic mass is 9.94. The molecular weight excluding hydrogens is 172 g/mol. The van der Waals surface area contributed by atoms with Gasteiger partial charge >= 0.3 is 0 Å². The molecule has 0 spiro atoms. The van der Waals surface area contributed by atoms with Gasteiger partial charge in [-0.3, -0.25) is 0 Å². The van der Waals surface area contributed by atoms with Crippen molar-refractivity contribution in [3.8, 4) is 0 Å². The van der Waals surface area contributed by atoms with Crippen molar-refractivity contribution >= 4 is 0 Å². The summed E-state index contributed by atoms with van der Waals surface area (Å²) in [5.41, 5.74) is 1.17. The van der Waals surface area contributed by atoms with E-state index in [4.69, 9.17) is 0 Å². The minimum absolute atomic E-state index is 0.121. The van der Waals surface area contributed by atoms with E-state index in [9.17, 15) is 5.11 Å². The van der Waals surface area contributed by atoms with Gasteiger partial charge in [0.1, 0.15) is 0 Å². The fourth-order valence-electron chi connectivity index (χ4n) is 1.51. The standard InChI is InChI=1S/C13H18O/c1-3-4-10-13(11(2)14)12-8-6-5-7-9-12/h4-11,13-14H,3H2,1-2H3/b10-4-. The molecule has 1 heteroatoms. The quantitative estimate of drug-likeness (QED) is 0.723. The van der Waals surface area contributed by atoms with Gasteiger partial charge in [0, 0.05) is 5.92 Å². The molecule has 0 aromatic heterocycles. The van der Waals surface area contributed by atoms with E-state index in [1.807, 2.05) is 25.1 Å². The summed E-state index contributed by atoms with van der Waals surface area (Å²) >= 11 is 0. The molecule has 2 atom stereocenters. The maximum absolute atomic E-state index is 9.64. The second kappa shape index (κ2) is 5.61. The largest absolute Gasteiger partial charge is 0.392 e. The first-order valence-corrected chi connectivity index (χ1v) is 5.15. The van der Waals surface area contributed by atoms with Crippen molar-refractivity contribution in [1.29, 1.82) is 0 Å². The second-order valence-electron chi connectivity index (χ2n) is 3.51. The number of aliphatic hydroxyl groups is 1. The summed E-state index contributed by atoms with van der Waals surface area (Å²) in [6.07, 6.45) is 4.86. The van der Waals surface area contributed by atoms with Crippen LogP contribution in [0, 0.1) is 0 Å². The van der Waals surface area contributed by atoms with Gasteiger partial charge in [0.05, 0.1) is 6.10 Å². The highest BCUT2D eigenvalue weighted by atomic mass is 16.3. The first kappa shape index (κ1) is 11.0. The summed E-state index contributed by atoms with van der Waals surface area (Å²) in [5, 5.41) is 9.64. The molecule has 0 aliphatic carbocycles. The van der Waals surface area contributed by atoms with Crippen LogP contribution in [0.1, 0.15) is 31.7 Å². The van der Waals surface area contributed by atoms with Crippen molar-refractivity contribution in [3.63, 3.8) is 0 Å². The van der Waals surface area contributed by atoms with E-state index in [-0.39, 0.29) is 12.0 Å². The minimum Gasteiger partial charge on any atom is -0.392 e. The second-order valence-corrected chi connectivity index (χ2v) is 3.51. The van der Waals surface area contributed by atoms with Gasteiger partial charge < -0.3 is 5.11 Å². The zero-order valence-electron chi connectivity index (χ0n) is 8.85. The van der Waals surface area contributed by atoms with Gasteiger partial charge in [-0.2, -0.15) is 0 Å². The maximum Gasteiger partial charge on any atom is 0.0615 e. The number of hydrogen-bond donors (Lipinski definition) is 1. The highest BCUT2D eigenvalue weighted by Gasteiger charge is 2.12. The van der Waals surface area contributed by atoms with Gasteiger partial charge in [0.25, 0.3) is 0 Å². The van der Waals surface area contributed by atoms with Crippen molar-refractivity contribution in [2.24, 2.45) is 0 Å². The molecule has 0 heterocycles. The molecule has 0 saturated heterocycles. The van der Waals surface area contributed by atoms with Crippen LogP contribution < -0.4 is 0 Å². The zero-order valence-corrected chi connectivity index (χ0v) is 8.85. The van der Waals surface area contributed by atoms with Crippen molar-refractivity contribution in [2.45, 2.75) is 32.3 Å². The Morgan fingerprint density at radius 2 is 1.93 bits per heavy atom. The fraction of sp³-hybridized carbons (Fsp3) is 0.385. The van der Waals surface area contributed by atoms with E-state index >= 15 is 0 Å². The van der Waals surface area contributed by atoms with Crippen LogP contribution in [0.2, 0.25) is 0 Å². The van der Waals surface area contributed by atoms with Crippen LogP contribution in [0.3, 0.4) is 0 Å². The van der Waals surface area contributed by atoms with Crippen molar-refractivity contribution in [3.05, 3.63) is 48.0 Å². The molecule has 0 radical (unpaired) electrons. The number of allylic oxidation sites excluding steroid dienone is 1. The Hall–Kier alpha value is -1.08. The minimum atomic E-state index is -0.333. The molecule has 76 valence electrons. The smallest absolute Gasteiger partial charge is 0.0615 e. The Bertz CT molecular complexity index is 275.